The molecule has 1 aromatic heterocycles. The smallest absolute Gasteiger partial charge is 0.291 e. The highest BCUT2D eigenvalue weighted by atomic mass is 32.1. The zero-order valence-corrected chi connectivity index (χ0v) is 16.8. The largest absolute Gasteiger partial charge is 0.455 e. The zero-order chi connectivity index (χ0) is 19.8. The van der Waals surface area contributed by atoms with Crippen LogP contribution in [0.3, 0.4) is 0 Å². The number of fused-ring (bicyclic) bond motifs is 1. The van der Waals surface area contributed by atoms with Gasteiger partial charge in [-0.15, -0.1) is 0 Å². The van der Waals surface area contributed by atoms with Gasteiger partial charge in [-0.2, -0.15) is 5.10 Å². The Bertz CT molecular complexity index is 943. The molecule has 1 aliphatic carbocycles. The molecule has 0 saturated heterocycles. The number of hydrogen-bond donors (Lipinski definition) is 3. The molecule has 3 rings (SSSR count). The maximum atomic E-state index is 12.8. The first kappa shape index (κ1) is 19.1. The molecule has 1 aromatic carbocycles. The van der Waals surface area contributed by atoms with Crippen molar-refractivity contribution < 1.29 is 9.21 Å². The number of carbonyl (C=O) groups excluding carboxylic acids is 1. The Hall–Kier alpha value is -2.67. The second-order valence-corrected chi connectivity index (χ2v) is 8.12. The van der Waals surface area contributed by atoms with Crippen molar-refractivity contribution in [2.24, 2.45) is 16.3 Å². The summed E-state index contributed by atoms with van der Waals surface area (Å²) in [5.41, 5.74) is 12.3. The van der Waals surface area contributed by atoms with Crippen LogP contribution in [0.4, 0.5) is 5.69 Å². The summed E-state index contributed by atoms with van der Waals surface area (Å²) in [5.74, 6) is 0.807. The summed E-state index contributed by atoms with van der Waals surface area (Å²) in [5, 5.41) is 7.40. The van der Waals surface area contributed by atoms with Crippen LogP contribution in [0.15, 0.2) is 33.8 Å². The lowest BCUT2D eigenvalue weighted by molar-refractivity contribution is 0.0992. The Labute approximate surface area is 164 Å². The first-order valence-electron chi connectivity index (χ1n) is 8.79. The van der Waals surface area contributed by atoms with Crippen molar-refractivity contribution in [1.82, 2.24) is 5.43 Å². The molecule has 0 radical (unpaired) electrons. The van der Waals surface area contributed by atoms with Gasteiger partial charge in [-0.3, -0.25) is 10.2 Å². The molecule has 0 bridgehead atoms. The van der Waals surface area contributed by atoms with Crippen LogP contribution in [0, 0.1) is 19.3 Å². The first-order chi connectivity index (χ1) is 12.7. The van der Waals surface area contributed by atoms with Gasteiger partial charge in [-0.1, -0.05) is 32.0 Å². The van der Waals surface area contributed by atoms with Gasteiger partial charge in [0.1, 0.15) is 5.76 Å². The lowest BCUT2D eigenvalue weighted by Crippen LogP contribution is -2.31. The van der Waals surface area contributed by atoms with E-state index >= 15 is 0 Å². The number of hydrazone groups is 1. The maximum Gasteiger partial charge on any atom is 0.291 e. The molecule has 0 aliphatic heterocycles. The molecule has 1 amide bonds. The van der Waals surface area contributed by atoms with E-state index in [0.717, 1.165) is 46.7 Å². The molecular weight excluding hydrogens is 360 g/mol. The second kappa shape index (κ2) is 7.15. The molecule has 27 heavy (non-hydrogen) atoms. The Balaban J connectivity index is 1.98. The van der Waals surface area contributed by atoms with Crippen molar-refractivity contribution in [3.05, 3.63) is 52.5 Å². The molecule has 0 fully saturated rings. The van der Waals surface area contributed by atoms with Crippen molar-refractivity contribution in [2.75, 3.05) is 5.32 Å². The third-order valence-corrected chi connectivity index (χ3v) is 4.79. The predicted molar refractivity (Wildman–Crippen MR) is 111 cm³/mol. The predicted octanol–water partition coefficient (Wildman–Crippen LogP) is 3.66. The van der Waals surface area contributed by atoms with Gasteiger partial charge in [0.05, 0.1) is 5.71 Å². The standard InChI is InChI=1S/C20H24N4O2S/c1-11-7-5-6-8-13(11)22-18(25)17-12(2)16-14(23-24-19(21)27)9-20(3,4)10-15(16)26-17/h5-8H,9-10H2,1-4H3,(H,22,25)(H3,21,24,27)/b23-14-. The van der Waals surface area contributed by atoms with E-state index in [2.05, 4.69) is 29.7 Å². The number of para-hydroxylation sites is 1. The van der Waals surface area contributed by atoms with Crippen molar-refractivity contribution >= 4 is 34.6 Å². The van der Waals surface area contributed by atoms with Crippen LogP contribution in [0.5, 0.6) is 0 Å². The highest BCUT2D eigenvalue weighted by Gasteiger charge is 2.36. The van der Waals surface area contributed by atoms with E-state index in [9.17, 15) is 4.79 Å². The molecule has 0 saturated carbocycles. The number of nitrogens with two attached hydrogens (primary N) is 1. The number of nitrogens with zero attached hydrogens (tertiary/aromatic N) is 1. The number of amides is 1. The lowest BCUT2D eigenvalue weighted by Gasteiger charge is -2.29. The van der Waals surface area contributed by atoms with Crippen molar-refractivity contribution in [3.8, 4) is 0 Å². The Morgan fingerprint density at radius 3 is 2.63 bits per heavy atom. The molecule has 0 atom stereocenters. The normalized spacial score (nSPS) is 16.7. The number of anilines is 1. The fourth-order valence-corrected chi connectivity index (χ4v) is 3.49. The molecule has 0 unspecified atom stereocenters. The number of aryl methyl sites for hydroxylation is 1. The molecular formula is C20H24N4O2S. The van der Waals surface area contributed by atoms with Gasteiger partial charge in [0, 0.05) is 23.2 Å². The molecule has 142 valence electrons. The summed E-state index contributed by atoms with van der Waals surface area (Å²) in [7, 11) is 0. The highest BCUT2D eigenvalue weighted by molar-refractivity contribution is 7.80. The third-order valence-electron chi connectivity index (χ3n) is 4.69. The summed E-state index contributed by atoms with van der Waals surface area (Å²) < 4.78 is 6.00. The van der Waals surface area contributed by atoms with Gasteiger partial charge in [0.25, 0.3) is 5.91 Å². The number of nitrogens with one attached hydrogen (secondary N) is 2. The fraction of sp³-hybridized carbons (Fsp3) is 0.350. The van der Waals surface area contributed by atoms with Crippen LogP contribution in [-0.4, -0.2) is 16.7 Å². The average Bonchev–Trinajstić information content (AvgIpc) is 2.90. The van der Waals surface area contributed by atoms with Crippen molar-refractivity contribution in [2.45, 2.75) is 40.5 Å². The molecule has 4 N–H and O–H groups in total. The maximum absolute atomic E-state index is 12.8. The summed E-state index contributed by atoms with van der Waals surface area (Å²) >= 11 is 4.86. The SMILES string of the molecule is Cc1ccccc1NC(=O)c1oc2c(c1C)/C(=N\NC(N)=S)CC(C)(C)C2. The average molecular weight is 385 g/mol. The number of carbonyl (C=O) groups is 1. The van der Waals surface area contributed by atoms with Crippen LogP contribution in [-0.2, 0) is 6.42 Å². The van der Waals surface area contributed by atoms with Crippen LogP contribution in [0.25, 0.3) is 0 Å². The monoisotopic (exact) mass is 384 g/mol. The molecule has 2 aromatic rings. The van der Waals surface area contributed by atoms with Gasteiger partial charge in [-0.05, 0) is 49.5 Å². The molecule has 1 aliphatic rings. The molecule has 7 heteroatoms. The number of thiocarbonyl (C=S) groups is 1. The van der Waals surface area contributed by atoms with Gasteiger partial charge in [-0.25, -0.2) is 0 Å². The van der Waals surface area contributed by atoms with Crippen LogP contribution < -0.4 is 16.5 Å². The zero-order valence-electron chi connectivity index (χ0n) is 16.0. The Morgan fingerprint density at radius 2 is 1.96 bits per heavy atom. The van der Waals surface area contributed by atoms with Crippen molar-refractivity contribution in [1.29, 1.82) is 0 Å². The summed E-state index contributed by atoms with van der Waals surface area (Å²) in [6, 6.07) is 7.64. The lowest BCUT2D eigenvalue weighted by atomic mass is 9.75. The van der Waals surface area contributed by atoms with E-state index in [1.807, 2.05) is 38.1 Å². The minimum Gasteiger partial charge on any atom is -0.455 e. The van der Waals surface area contributed by atoms with E-state index in [-0.39, 0.29) is 16.4 Å². The molecule has 1 heterocycles. The first-order valence-corrected chi connectivity index (χ1v) is 9.20. The third kappa shape index (κ3) is 4.03. The quantitative estimate of drug-likeness (QED) is 0.555. The highest BCUT2D eigenvalue weighted by Crippen LogP contribution is 2.39. The summed E-state index contributed by atoms with van der Waals surface area (Å²) in [6.07, 6.45) is 1.46. The van der Waals surface area contributed by atoms with Gasteiger partial charge in [0.2, 0.25) is 0 Å². The van der Waals surface area contributed by atoms with Crippen LogP contribution in [0.1, 0.15) is 53.3 Å². The van der Waals surface area contributed by atoms with E-state index in [0.29, 0.717) is 5.76 Å². The second-order valence-electron chi connectivity index (χ2n) is 7.68. The summed E-state index contributed by atoms with van der Waals surface area (Å²) in [4.78, 5) is 12.8. The summed E-state index contributed by atoms with van der Waals surface area (Å²) in [6.45, 7) is 8.10. The van der Waals surface area contributed by atoms with Crippen molar-refractivity contribution in [3.63, 3.8) is 0 Å². The van der Waals surface area contributed by atoms with Crippen LogP contribution in [0.2, 0.25) is 0 Å². The number of hydrogen-bond acceptors (Lipinski definition) is 4. The number of furan rings is 1. The Morgan fingerprint density at radius 1 is 1.26 bits per heavy atom. The van der Waals surface area contributed by atoms with Crippen LogP contribution >= 0.6 is 12.2 Å². The minimum absolute atomic E-state index is 0.0439. The topological polar surface area (TPSA) is 92.6 Å². The van der Waals surface area contributed by atoms with Gasteiger partial charge >= 0.3 is 0 Å². The van der Waals surface area contributed by atoms with E-state index < -0.39 is 0 Å². The van der Waals surface area contributed by atoms with E-state index in [1.165, 1.54) is 0 Å². The molecule has 0 spiro atoms. The fourth-order valence-electron chi connectivity index (χ4n) is 3.44. The number of rotatable bonds is 3. The van der Waals surface area contributed by atoms with Gasteiger partial charge < -0.3 is 15.5 Å². The minimum atomic E-state index is -0.268. The van der Waals surface area contributed by atoms with Gasteiger partial charge in [0.15, 0.2) is 10.9 Å². The number of benzene rings is 1. The van der Waals surface area contributed by atoms with E-state index in [1.54, 1.807) is 0 Å². The molecule has 6 nitrogen and oxygen atoms in total. The Kier molecular flexibility index (Phi) is 5.06. The van der Waals surface area contributed by atoms with E-state index in [4.69, 9.17) is 22.4 Å².